The van der Waals surface area contributed by atoms with E-state index in [2.05, 4.69) is 4.98 Å². The average Bonchev–Trinajstić information content (AvgIpc) is 3.23. The molecule has 2 aliphatic heterocycles. The highest BCUT2D eigenvalue weighted by molar-refractivity contribution is 7.99. The third-order valence-electron chi connectivity index (χ3n) is 5.36. The molecule has 5 atom stereocenters. The van der Waals surface area contributed by atoms with Crippen LogP contribution in [0.2, 0.25) is 10.0 Å². The van der Waals surface area contributed by atoms with E-state index in [-0.39, 0.29) is 17.4 Å². The maximum atomic E-state index is 13.6. The zero-order valence-electron chi connectivity index (χ0n) is 16.0. The number of thioether (sulfide) groups is 1. The molecule has 4 nitrogen and oxygen atoms in total. The first-order valence-corrected chi connectivity index (χ1v) is 12.0. The van der Waals surface area contributed by atoms with Gasteiger partial charge in [0.05, 0.1) is 34.4 Å². The number of benzene rings is 2. The molecule has 32 heavy (non-hydrogen) atoms. The predicted molar refractivity (Wildman–Crippen MR) is 117 cm³/mol. The quantitative estimate of drug-likeness (QED) is 0.435. The van der Waals surface area contributed by atoms with Crippen LogP contribution in [0.1, 0.15) is 10.9 Å². The molecule has 2 aliphatic rings. The predicted octanol–water partition coefficient (Wildman–Crippen LogP) is 5.89. The van der Waals surface area contributed by atoms with Crippen molar-refractivity contribution in [3.63, 3.8) is 0 Å². The fraction of sp³-hybridized carbons (Fsp3) is 0.286. The van der Waals surface area contributed by atoms with E-state index in [9.17, 15) is 18.3 Å². The molecule has 2 saturated heterocycles. The maximum absolute atomic E-state index is 13.6. The van der Waals surface area contributed by atoms with Gasteiger partial charge in [0.15, 0.2) is 17.5 Å². The normalized spacial score (nSPS) is 27.1. The number of aromatic nitrogens is 1. The largest absolute Gasteiger partial charge is 0.389 e. The summed E-state index contributed by atoms with van der Waals surface area (Å²) in [4.78, 5) is 5.25. The fourth-order valence-corrected chi connectivity index (χ4v) is 6.17. The molecule has 0 aliphatic carbocycles. The van der Waals surface area contributed by atoms with E-state index >= 15 is 0 Å². The van der Waals surface area contributed by atoms with Gasteiger partial charge in [-0.05, 0) is 30.3 Å². The molecule has 0 saturated carbocycles. The molecule has 5 unspecified atom stereocenters. The molecular formula is C21H14Cl2F3NO3S2. The molecule has 3 aromatic rings. The minimum Gasteiger partial charge on any atom is -0.389 e. The summed E-state index contributed by atoms with van der Waals surface area (Å²) in [5.74, 6) is -4.61. The van der Waals surface area contributed by atoms with Crippen LogP contribution in [0, 0.1) is 17.5 Å². The topological polar surface area (TPSA) is 51.6 Å². The molecule has 1 aromatic heterocycles. The van der Waals surface area contributed by atoms with Gasteiger partial charge in [0.25, 0.3) is 0 Å². The second-order valence-electron chi connectivity index (χ2n) is 7.38. The van der Waals surface area contributed by atoms with Gasteiger partial charge in [0.2, 0.25) is 0 Å². The van der Waals surface area contributed by atoms with Gasteiger partial charge in [0, 0.05) is 15.8 Å². The number of aliphatic hydroxyl groups excluding tert-OH is 1. The second kappa shape index (κ2) is 8.79. The zero-order valence-corrected chi connectivity index (χ0v) is 19.1. The van der Waals surface area contributed by atoms with Crippen molar-refractivity contribution >= 4 is 46.3 Å². The minimum atomic E-state index is -1.53. The highest BCUT2D eigenvalue weighted by Gasteiger charge is 2.52. The molecule has 0 radical (unpaired) electrons. The first kappa shape index (κ1) is 22.5. The molecule has 2 aromatic carbocycles. The third kappa shape index (κ3) is 4.04. The van der Waals surface area contributed by atoms with Crippen molar-refractivity contribution in [2.24, 2.45) is 0 Å². The van der Waals surface area contributed by atoms with Gasteiger partial charge in [-0.1, -0.05) is 35.0 Å². The molecule has 5 rings (SSSR count). The molecule has 2 fully saturated rings. The molecular weight excluding hydrogens is 506 g/mol. The fourth-order valence-electron chi connectivity index (χ4n) is 3.70. The number of thiazole rings is 1. The SMILES string of the molecule is OC1C(Sc2ccc(Cl)c(Cl)c2)OC2COC2C1c1nc(-c2cc(F)c(F)c(F)c2)cs1. The number of hydrogen-bond acceptors (Lipinski definition) is 6. The standard InChI is InChI=1S/C21H14Cl2F3NO3S2/c22-10-2-1-9(5-11(10)23)32-21-18(28)16(19-15(30-21)6-29-19)20-27-14(7-31-20)8-3-12(24)17(26)13(25)4-8/h1-5,7,15-16,18-19,21,28H,6H2. The molecule has 0 spiro atoms. The summed E-state index contributed by atoms with van der Waals surface area (Å²) in [6, 6.07) is 6.93. The van der Waals surface area contributed by atoms with Gasteiger partial charge in [-0.15, -0.1) is 11.3 Å². The smallest absolute Gasteiger partial charge is 0.194 e. The summed E-state index contributed by atoms with van der Waals surface area (Å²) in [7, 11) is 0. The van der Waals surface area contributed by atoms with Crippen molar-refractivity contribution in [3.8, 4) is 11.3 Å². The molecule has 1 N–H and O–H groups in total. The summed E-state index contributed by atoms with van der Waals surface area (Å²) in [5, 5.41) is 14.1. The Balaban J connectivity index is 1.42. The molecule has 0 bridgehead atoms. The first-order valence-electron chi connectivity index (χ1n) is 9.49. The number of ether oxygens (including phenoxy) is 2. The molecule has 11 heteroatoms. The Hall–Kier alpha value is -1.33. The number of aliphatic hydroxyl groups is 1. The first-order chi connectivity index (χ1) is 15.3. The zero-order chi connectivity index (χ0) is 22.6. The highest BCUT2D eigenvalue weighted by Crippen LogP contribution is 2.46. The monoisotopic (exact) mass is 519 g/mol. The van der Waals surface area contributed by atoms with Crippen LogP contribution in [-0.4, -0.2) is 40.4 Å². The van der Waals surface area contributed by atoms with Crippen LogP contribution < -0.4 is 0 Å². The van der Waals surface area contributed by atoms with Gasteiger partial charge in [-0.3, -0.25) is 0 Å². The van der Waals surface area contributed by atoms with E-state index in [1.807, 2.05) is 0 Å². The van der Waals surface area contributed by atoms with Gasteiger partial charge in [0.1, 0.15) is 22.7 Å². The van der Waals surface area contributed by atoms with E-state index in [4.69, 9.17) is 32.7 Å². The number of fused-ring (bicyclic) bond motifs is 1. The lowest BCUT2D eigenvalue weighted by atomic mass is 9.87. The van der Waals surface area contributed by atoms with Gasteiger partial charge >= 0.3 is 0 Å². The minimum absolute atomic E-state index is 0.109. The van der Waals surface area contributed by atoms with Crippen molar-refractivity contribution in [2.75, 3.05) is 6.61 Å². The van der Waals surface area contributed by atoms with E-state index in [0.717, 1.165) is 17.0 Å². The Morgan fingerprint density at radius 2 is 1.84 bits per heavy atom. The molecule has 168 valence electrons. The Morgan fingerprint density at radius 1 is 1.09 bits per heavy atom. The van der Waals surface area contributed by atoms with E-state index < -0.39 is 41.0 Å². The van der Waals surface area contributed by atoms with Crippen molar-refractivity contribution in [2.45, 2.75) is 34.6 Å². The highest BCUT2D eigenvalue weighted by atomic mass is 35.5. The lowest BCUT2D eigenvalue weighted by Crippen LogP contribution is -2.60. The number of rotatable bonds is 4. The van der Waals surface area contributed by atoms with Crippen LogP contribution in [0.5, 0.6) is 0 Å². The van der Waals surface area contributed by atoms with Crippen molar-refractivity contribution in [1.29, 1.82) is 0 Å². The molecule has 0 amide bonds. The Labute approximate surface area is 199 Å². The van der Waals surface area contributed by atoms with Crippen molar-refractivity contribution in [1.82, 2.24) is 4.98 Å². The van der Waals surface area contributed by atoms with E-state index in [1.165, 1.54) is 23.1 Å². The van der Waals surface area contributed by atoms with Crippen LogP contribution in [0.3, 0.4) is 0 Å². The number of hydrogen-bond donors (Lipinski definition) is 1. The van der Waals surface area contributed by atoms with Crippen LogP contribution in [-0.2, 0) is 9.47 Å². The Kier molecular flexibility index (Phi) is 6.17. The van der Waals surface area contributed by atoms with Crippen LogP contribution >= 0.6 is 46.3 Å². The molecule has 3 heterocycles. The Morgan fingerprint density at radius 3 is 2.50 bits per heavy atom. The van der Waals surface area contributed by atoms with Crippen molar-refractivity contribution < 1.29 is 27.8 Å². The van der Waals surface area contributed by atoms with Gasteiger partial charge in [-0.2, -0.15) is 0 Å². The Bertz CT molecular complexity index is 1160. The summed E-state index contributed by atoms with van der Waals surface area (Å²) < 4.78 is 52.2. The average molecular weight is 520 g/mol. The van der Waals surface area contributed by atoms with Gasteiger partial charge < -0.3 is 14.6 Å². The second-order valence-corrected chi connectivity index (χ2v) is 10.3. The summed E-state index contributed by atoms with van der Waals surface area (Å²) in [5.41, 5.74) is -0.222. The summed E-state index contributed by atoms with van der Waals surface area (Å²) in [6.07, 6.45) is -1.59. The van der Waals surface area contributed by atoms with Crippen LogP contribution in [0.15, 0.2) is 40.6 Å². The van der Waals surface area contributed by atoms with Crippen LogP contribution in [0.4, 0.5) is 13.2 Å². The lowest BCUT2D eigenvalue weighted by Gasteiger charge is -2.49. The third-order valence-corrected chi connectivity index (χ3v) is 8.19. The number of nitrogens with zero attached hydrogens (tertiary/aromatic N) is 1. The summed E-state index contributed by atoms with van der Waals surface area (Å²) >= 11 is 14.6. The van der Waals surface area contributed by atoms with Crippen molar-refractivity contribution in [3.05, 3.63) is 68.2 Å². The maximum Gasteiger partial charge on any atom is 0.194 e. The van der Waals surface area contributed by atoms with E-state index in [1.54, 1.807) is 23.6 Å². The van der Waals surface area contributed by atoms with E-state index in [0.29, 0.717) is 21.7 Å². The van der Waals surface area contributed by atoms with Crippen LogP contribution in [0.25, 0.3) is 11.3 Å². The lowest BCUT2D eigenvalue weighted by molar-refractivity contribution is -0.253. The number of halogens is 5. The summed E-state index contributed by atoms with van der Waals surface area (Å²) in [6.45, 7) is 0.388. The van der Waals surface area contributed by atoms with Gasteiger partial charge in [-0.25, -0.2) is 18.2 Å².